The number of hydrogen-bond acceptors (Lipinski definition) is 5. The van der Waals surface area contributed by atoms with Crippen molar-refractivity contribution in [2.75, 3.05) is 7.05 Å². The summed E-state index contributed by atoms with van der Waals surface area (Å²) in [6.45, 7) is 0. The number of aromatic nitrogens is 7. The topological polar surface area (TPSA) is 125 Å². The summed E-state index contributed by atoms with van der Waals surface area (Å²) in [5, 5.41) is 5.25. The molecule has 7 aromatic rings. The molecule has 2 N–H and O–H groups in total. The lowest BCUT2D eigenvalue weighted by atomic mass is 10.1. The molecule has 12 heteroatoms. The number of H-pyrrole nitrogens is 1. The van der Waals surface area contributed by atoms with Crippen molar-refractivity contribution in [2.24, 2.45) is 21.1 Å². The number of fused-ring (bicyclic) bond motifs is 3. The van der Waals surface area contributed by atoms with E-state index >= 15 is 0 Å². The Balaban J connectivity index is 1.50. The Morgan fingerprint density at radius 3 is 2.44 bits per heavy atom. The Morgan fingerprint density at radius 2 is 1.68 bits per heavy atom. The third-order valence-corrected chi connectivity index (χ3v) is 9.09. The second kappa shape index (κ2) is 8.78. The Morgan fingerprint density at radius 1 is 0.878 bits per heavy atom. The highest BCUT2D eigenvalue weighted by molar-refractivity contribution is 7.89. The Kier molecular flexibility index (Phi) is 5.37. The zero-order chi connectivity index (χ0) is 28.6. The van der Waals surface area contributed by atoms with Crippen LogP contribution >= 0.6 is 0 Å². The number of rotatable bonds is 5. The van der Waals surface area contributed by atoms with Crippen molar-refractivity contribution in [1.29, 1.82) is 0 Å². The summed E-state index contributed by atoms with van der Waals surface area (Å²) in [6, 6.07) is 16.8. The van der Waals surface area contributed by atoms with E-state index in [0.717, 1.165) is 44.3 Å². The molecule has 4 heterocycles. The van der Waals surface area contributed by atoms with Crippen LogP contribution in [-0.4, -0.2) is 48.9 Å². The molecule has 11 nitrogen and oxygen atoms in total. The van der Waals surface area contributed by atoms with Crippen LogP contribution in [0.4, 0.5) is 0 Å². The number of imidazole rings is 2. The largest absolute Gasteiger partial charge is 0.360 e. The van der Waals surface area contributed by atoms with Gasteiger partial charge in [0.05, 0.1) is 33.2 Å². The molecule has 7 rings (SSSR count). The summed E-state index contributed by atoms with van der Waals surface area (Å²) >= 11 is 0. The highest BCUT2D eigenvalue weighted by Gasteiger charge is 2.21. The van der Waals surface area contributed by atoms with E-state index in [2.05, 4.69) is 20.9 Å². The van der Waals surface area contributed by atoms with Gasteiger partial charge >= 0.3 is 5.69 Å². The van der Waals surface area contributed by atoms with Crippen molar-refractivity contribution in [3.63, 3.8) is 0 Å². The van der Waals surface area contributed by atoms with E-state index in [1.165, 1.54) is 7.05 Å². The van der Waals surface area contributed by atoms with Crippen molar-refractivity contribution in [3.8, 4) is 28.2 Å². The van der Waals surface area contributed by atoms with E-state index in [4.69, 9.17) is 4.98 Å². The number of aryl methyl sites for hydroxylation is 3. The van der Waals surface area contributed by atoms with E-state index < -0.39 is 10.0 Å². The number of nitrogens with zero attached hydrogens (tertiary/aromatic N) is 6. The number of hydrogen-bond donors (Lipinski definition) is 2. The maximum Gasteiger partial charge on any atom is 0.328 e. The third kappa shape index (κ3) is 3.75. The van der Waals surface area contributed by atoms with E-state index in [1.807, 2.05) is 60.5 Å². The quantitative estimate of drug-likeness (QED) is 0.329. The smallest absolute Gasteiger partial charge is 0.328 e. The molecule has 0 radical (unpaired) electrons. The average Bonchev–Trinajstić information content (AvgIpc) is 3.74. The van der Waals surface area contributed by atoms with Crippen molar-refractivity contribution < 1.29 is 8.42 Å². The predicted octanol–water partition coefficient (Wildman–Crippen LogP) is 3.67. The highest BCUT2D eigenvalue weighted by Crippen LogP contribution is 2.36. The molecular formula is C29H26N8O3S. The minimum atomic E-state index is -3.69. The lowest BCUT2D eigenvalue weighted by Gasteiger charge is -2.11. The fraction of sp³-hybridized carbons (Fsp3) is 0.138. The minimum Gasteiger partial charge on any atom is -0.360 e. The SMILES string of the molecule is CNS(=O)(=O)c1ccc2nc(-c3c[nH]c4cc(-c5cnn(C)c5)ccc34)n(-c3ccc4c(c3)n(C)c(=O)n4C)c2c1. The zero-order valence-electron chi connectivity index (χ0n) is 22.7. The summed E-state index contributed by atoms with van der Waals surface area (Å²) in [5.74, 6) is 0.639. The van der Waals surface area contributed by atoms with Crippen LogP contribution in [0, 0.1) is 0 Å². The maximum absolute atomic E-state index is 12.7. The van der Waals surface area contributed by atoms with Gasteiger partial charge in [-0.15, -0.1) is 0 Å². The Hall–Kier alpha value is -4.94. The first kappa shape index (κ1) is 25.1. The van der Waals surface area contributed by atoms with Crippen molar-refractivity contribution >= 4 is 43.0 Å². The Labute approximate surface area is 234 Å². The molecule has 0 saturated carbocycles. The normalized spacial score (nSPS) is 12.3. The lowest BCUT2D eigenvalue weighted by molar-refractivity contribution is 0.588. The molecule has 206 valence electrons. The first-order valence-electron chi connectivity index (χ1n) is 12.9. The highest BCUT2D eigenvalue weighted by atomic mass is 32.2. The molecule has 3 aromatic carbocycles. The molecule has 0 spiro atoms. The van der Waals surface area contributed by atoms with E-state index in [9.17, 15) is 13.2 Å². The van der Waals surface area contributed by atoms with Crippen LogP contribution in [0.1, 0.15) is 0 Å². The predicted molar refractivity (Wildman–Crippen MR) is 159 cm³/mol. The summed E-state index contributed by atoms with van der Waals surface area (Å²) < 4.78 is 34.7. The average molecular weight is 567 g/mol. The monoisotopic (exact) mass is 566 g/mol. The summed E-state index contributed by atoms with van der Waals surface area (Å²) in [6.07, 6.45) is 5.71. The van der Waals surface area contributed by atoms with Crippen LogP contribution in [0.2, 0.25) is 0 Å². The van der Waals surface area contributed by atoms with Gasteiger partial charge in [-0.1, -0.05) is 12.1 Å². The molecule has 0 saturated heterocycles. The van der Waals surface area contributed by atoms with Crippen molar-refractivity contribution in [2.45, 2.75) is 4.90 Å². The van der Waals surface area contributed by atoms with E-state index in [0.29, 0.717) is 16.9 Å². The van der Waals surface area contributed by atoms with Gasteiger partial charge in [0.25, 0.3) is 0 Å². The van der Waals surface area contributed by atoms with E-state index in [-0.39, 0.29) is 10.6 Å². The van der Waals surface area contributed by atoms with Gasteiger partial charge in [0, 0.05) is 61.3 Å². The zero-order valence-corrected chi connectivity index (χ0v) is 23.6. The summed E-state index contributed by atoms with van der Waals surface area (Å²) in [7, 11) is 3.05. The van der Waals surface area contributed by atoms with Gasteiger partial charge in [-0.3, -0.25) is 18.4 Å². The van der Waals surface area contributed by atoms with Crippen LogP contribution in [0.15, 0.2) is 82.9 Å². The molecule has 0 fully saturated rings. The molecule has 0 bridgehead atoms. The van der Waals surface area contributed by atoms with Gasteiger partial charge < -0.3 is 4.98 Å². The fourth-order valence-corrected chi connectivity index (χ4v) is 6.23. The van der Waals surface area contributed by atoms with Gasteiger partial charge in [-0.2, -0.15) is 5.10 Å². The van der Waals surface area contributed by atoms with Crippen LogP contribution in [-0.2, 0) is 31.2 Å². The van der Waals surface area contributed by atoms with Crippen LogP contribution in [0.3, 0.4) is 0 Å². The standard InChI is InChI=1S/C29H26N8O3S/c1-30-41(39,40)20-7-9-23-26(13-20)37(19-6-10-25-27(12-19)36(4)29(38)35(25)3)28(33-23)22-15-31-24-11-17(5-8-21(22)24)18-14-32-34(2)16-18/h5-16,30-31H,1-4H3. The van der Waals surface area contributed by atoms with Gasteiger partial charge in [0.15, 0.2) is 0 Å². The van der Waals surface area contributed by atoms with Crippen LogP contribution < -0.4 is 10.4 Å². The number of sulfonamides is 1. The molecule has 4 aromatic heterocycles. The lowest BCUT2D eigenvalue weighted by Crippen LogP contribution is -2.19. The van der Waals surface area contributed by atoms with E-state index in [1.54, 1.807) is 46.1 Å². The molecule has 0 aliphatic heterocycles. The van der Waals surface area contributed by atoms with Crippen molar-refractivity contribution in [1.82, 2.24) is 38.2 Å². The summed E-state index contributed by atoms with van der Waals surface area (Å²) in [4.78, 5) is 21.1. The Bertz CT molecular complexity index is 2330. The number of benzene rings is 3. The van der Waals surface area contributed by atoms with Gasteiger partial charge in [-0.25, -0.2) is 22.9 Å². The molecule has 0 aliphatic carbocycles. The van der Waals surface area contributed by atoms with Crippen molar-refractivity contribution in [3.05, 3.63) is 83.7 Å². The van der Waals surface area contributed by atoms with Gasteiger partial charge in [0.2, 0.25) is 10.0 Å². The summed E-state index contributed by atoms with van der Waals surface area (Å²) in [5.41, 5.74) is 7.25. The molecular weight excluding hydrogens is 540 g/mol. The molecule has 0 unspecified atom stereocenters. The molecule has 0 atom stereocenters. The number of nitrogens with one attached hydrogen (secondary N) is 2. The molecule has 41 heavy (non-hydrogen) atoms. The second-order valence-electron chi connectivity index (χ2n) is 10.1. The van der Waals surface area contributed by atoms with Gasteiger partial charge in [0.1, 0.15) is 5.82 Å². The minimum absolute atomic E-state index is 0.128. The fourth-order valence-electron chi connectivity index (χ4n) is 5.48. The molecule has 0 aliphatic rings. The number of aromatic amines is 1. The molecule has 0 amide bonds. The maximum atomic E-state index is 12.7. The third-order valence-electron chi connectivity index (χ3n) is 7.68. The van der Waals surface area contributed by atoms with Crippen LogP contribution in [0.5, 0.6) is 0 Å². The first-order valence-corrected chi connectivity index (χ1v) is 14.4. The second-order valence-corrected chi connectivity index (χ2v) is 12.0. The van der Waals surface area contributed by atoms with Crippen LogP contribution in [0.25, 0.3) is 61.2 Å². The first-order chi connectivity index (χ1) is 19.7. The van der Waals surface area contributed by atoms with Gasteiger partial charge in [-0.05, 0) is 55.1 Å².